The number of rotatable bonds is 5. The number of hydrogen-bond acceptors (Lipinski definition) is 3. The second-order valence-corrected chi connectivity index (χ2v) is 5.33. The Morgan fingerprint density at radius 3 is 2.38 bits per heavy atom. The fourth-order valence-corrected chi connectivity index (χ4v) is 1.28. The van der Waals surface area contributed by atoms with E-state index in [1.54, 1.807) is 0 Å². The Morgan fingerprint density at radius 2 is 1.88 bits per heavy atom. The zero-order valence-corrected chi connectivity index (χ0v) is 10.3. The first-order valence-corrected chi connectivity index (χ1v) is 5.85. The van der Waals surface area contributed by atoms with Crippen LogP contribution in [0.25, 0.3) is 0 Å². The third-order valence-electron chi connectivity index (χ3n) is 2.26. The molecule has 0 spiro atoms. The van der Waals surface area contributed by atoms with Crippen LogP contribution in [0.2, 0.25) is 0 Å². The van der Waals surface area contributed by atoms with Gasteiger partial charge in [-0.2, -0.15) is 0 Å². The van der Waals surface area contributed by atoms with Gasteiger partial charge in [-0.25, -0.2) is 0 Å². The minimum absolute atomic E-state index is 0.0576. The summed E-state index contributed by atoms with van der Waals surface area (Å²) in [5.74, 6) is 0.303. The molecule has 1 amide bonds. The molecule has 4 heteroatoms. The molecule has 0 aromatic rings. The second-order valence-electron chi connectivity index (χ2n) is 5.33. The number of esters is 1. The smallest absolute Gasteiger partial charge is 0.306 e. The number of hydrogen-bond donors (Lipinski definition) is 1. The summed E-state index contributed by atoms with van der Waals surface area (Å²) in [5.41, 5.74) is -0.471. The zero-order valence-electron chi connectivity index (χ0n) is 10.3. The average Bonchev–Trinajstić information content (AvgIpc) is 2.92. The summed E-state index contributed by atoms with van der Waals surface area (Å²) in [4.78, 5) is 22.6. The van der Waals surface area contributed by atoms with E-state index in [9.17, 15) is 9.59 Å². The highest BCUT2D eigenvalue weighted by molar-refractivity contribution is 5.81. The van der Waals surface area contributed by atoms with Crippen molar-refractivity contribution in [3.05, 3.63) is 0 Å². The Labute approximate surface area is 96.7 Å². The number of ether oxygens (including phenoxy) is 1. The molecule has 0 aliphatic heterocycles. The van der Waals surface area contributed by atoms with E-state index < -0.39 is 5.60 Å². The predicted octanol–water partition coefficient (Wildman–Crippen LogP) is 1.63. The molecule has 0 saturated heterocycles. The fraction of sp³-hybridized carbons (Fsp3) is 0.833. The van der Waals surface area contributed by atoms with Gasteiger partial charge in [0.15, 0.2) is 0 Å². The maximum atomic E-state index is 11.3. The quantitative estimate of drug-likeness (QED) is 0.726. The van der Waals surface area contributed by atoms with Crippen molar-refractivity contribution in [3.63, 3.8) is 0 Å². The van der Waals surface area contributed by atoms with E-state index >= 15 is 0 Å². The average molecular weight is 227 g/mol. The fourth-order valence-electron chi connectivity index (χ4n) is 1.28. The molecule has 0 radical (unpaired) electrons. The van der Waals surface area contributed by atoms with E-state index in [1.807, 2.05) is 20.8 Å². The molecular formula is C12H21NO3. The Balaban J connectivity index is 2.07. The lowest BCUT2D eigenvalue weighted by Gasteiger charge is -2.19. The van der Waals surface area contributed by atoms with Gasteiger partial charge in [0.05, 0.1) is 6.42 Å². The van der Waals surface area contributed by atoms with Gasteiger partial charge in [0.25, 0.3) is 0 Å². The molecule has 1 fully saturated rings. The lowest BCUT2D eigenvalue weighted by Crippen LogP contribution is -2.28. The molecule has 1 N–H and O–H groups in total. The van der Waals surface area contributed by atoms with Gasteiger partial charge < -0.3 is 10.1 Å². The Kier molecular flexibility index (Phi) is 4.33. The van der Waals surface area contributed by atoms with Crippen molar-refractivity contribution in [1.29, 1.82) is 0 Å². The highest BCUT2D eigenvalue weighted by atomic mass is 16.6. The lowest BCUT2D eigenvalue weighted by molar-refractivity contribution is -0.155. The Hall–Kier alpha value is -1.06. The maximum absolute atomic E-state index is 11.3. The molecule has 0 bridgehead atoms. The van der Waals surface area contributed by atoms with Crippen LogP contribution in [0.3, 0.4) is 0 Å². The third-order valence-corrected chi connectivity index (χ3v) is 2.26. The van der Waals surface area contributed by atoms with Crippen LogP contribution in [-0.4, -0.2) is 24.0 Å². The molecule has 16 heavy (non-hydrogen) atoms. The van der Waals surface area contributed by atoms with Crippen molar-refractivity contribution in [2.45, 2.75) is 52.1 Å². The zero-order chi connectivity index (χ0) is 12.2. The minimum atomic E-state index is -0.471. The number of amides is 1. The molecule has 0 heterocycles. The summed E-state index contributed by atoms with van der Waals surface area (Å²) < 4.78 is 5.11. The largest absolute Gasteiger partial charge is 0.460 e. The van der Waals surface area contributed by atoms with Crippen molar-refractivity contribution in [3.8, 4) is 0 Å². The number of carbonyl (C=O) groups excluding carboxylic acids is 2. The van der Waals surface area contributed by atoms with Gasteiger partial charge in [-0.3, -0.25) is 9.59 Å². The first-order chi connectivity index (χ1) is 7.37. The summed E-state index contributed by atoms with van der Waals surface area (Å²) in [6.07, 6.45) is 2.81. The highest BCUT2D eigenvalue weighted by Gasteiger charge is 2.22. The van der Waals surface area contributed by atoms with Crippen LogP contribution in [0.15, 0.2) is 0 Å². The molecule has 0 atom stereocenters. The van der Waals surface area contributed by atoms with E-state index in [0.717, 1.165) is 6.54 Å². The Bertz CT molecular complexity index is 264. The number of carbonyl (C=O) groups is 2. The van der Waals surface area contributed by atoms with Crippen molar-refractivity contribution < 1.29 is 14.3 Å². The molecule has 92 valence electrons. The lowest BCUT2D eigenvalue weighted by atomic mass is 10.2. The summed E-state index contributed by atoms with van der Waals surface area (Å²) in [6.45, 7) is 6.21. The van der Waals surface area contributed by atoms with Crippen molar-refractivity contribution >= 4 is 11.9 Å². The first kappa shape index (κ1) is 13.0. The molecule has 1 saturated carbocycles. The third kappa shape index (κ3) is 6.43. The SMILES string of the molecule is CC(C)(C)OC(=O)CCC(=O)NCC1CC1. The van der Waals surface area contributed by atoms with Crippen LogP contribution in [0.1, 0.15) is 46.5 Å². The van der Waals surface area contributed by atoms with Crippen LogP contribution < -0.4 is 5.32 Å². The van der Waals surface area contributed by atoms with E-state index in [1.165, 1.54) is 12.8 Å². The van der Waals surface area contributed by atoms with Crippen LogP contribution >= 0.6 is 0 Å². The van der Waals surface area contributed by atoms with E-state index in [4.69, 9.17) is 4.74 Å². The molecule has 1 aliphatic rings. The molecular weight excluding hydrogens is 206 g/mol. The van der Waals surface area contributed by atoms with Gasteiger partial charge in [0, 0.05) is 13.0 Å². The van der Waals surface area contributed by atoms with Gasteiger partial charge in [0.1, 0.15) is 5.60 Å². The van der Waals surface area contributed by atoms with Gasteiger partial charge >= 0.3 is 5.97 Å². The standard InChI is InChI=1S/C12H21NO3/c1-12(2,3)16-11(15)7-6-10(14)13-8-9-4-5-9/h9H,4-8H2,1-3H3,(H,13,14). The Morgan fingerprint density at radius 1 is 1.25 bits per heavy atom. The molecule has 1 rings (SSSR count). The van der Waals surface area contributed by atoms with Gasteiger partial charge in [-0.1, -0.05) is 0 Å². The van der Waals surface area contributed by atoms with E-state index in [-0.39, 0.29) is 24.7 Å². The second kappa shape index (κ2) is 5.32. The van der Waals surface area contributed by atoms with Gasteiger partial charge in [-0.05, 0) is 39.5 Å². The van der Waals surface area contributed by atoms with Crippen LogP contribution in [0, 0.1) is 5.92 Å². The topological polar surface area (TPSA) is 55.4 Å². The van der Waals surface area contributed by atoms with Crippen molar-refractivity contribution in [2.24, 2.45) is 5.92 Å². The van der Waals surface area contributed by atoms with Crippen LogP contribution in [0.5, 0.6) is 0 Å². The molecule has 0 aromatic heterocycles. The van der Waals surface area contributed by atoms with E-state index in [2.05, 4.69) is 5.32 Å². The monoisotopic (exact) mass is 227 g/mol. The summed E-state index contributed by atoms with van der Waals surface area (Å²) >= 11 is 0. The first-order valence-electron chi connectivity index (χ1n) is 5.85. The minimum Gasteiger partial charge on any atom is -0.460 e. The van der Waals surface area contributed by atoms with Gasteiger partial charge in [-0.15, -0.1) is 0 Å². The number of nitrogens with one attached hydrogen (secondary N) is 1. The van der Waals surface area contributed by atoms with Crippen LogP contribution in [0.4, 0.5) is 0 Å². The molecule has 0 aromatic carbocycles. The molecule has 4 nitrogen and oxygen atoms in total. The summed E-state index contributed by atoms with van der Waals surface area (Å²) in [5, 5.41) is 2.82. The van der Waals surface area contributed by atoms with Gasteiger partial charge in [0.2, 0.25) is 5.91 Å². The summed E-state index contributed by atoms with van der Waals surface area (Å²) in [7, 11) is 0. The van der Waals surface area contributed by atoms with Crippen molar-refractivity contribution in [1.82, 2.24) is 5.32 Å². The highest BCUT2D eigenvalue weighted by Crippen LogP contribution is 2.27. The van der Waals surface area contributed by atoms with Crippen LogP contribution in [-0.2, 0) is 14.3 Å². The van der Waals surface area contributed by atoms with Crippen molar-refractivity contribution in [2.75, 3.05) is 6.54 Å². The molecule has 0 unspecified atom stereocenters. The maximum Gasteiger partial charge on any atom is 0.306 e. The van der Waals surface area contributed by atoms with E-state index in [0.29, 0.717) is 5.92 Å². The normalized spacial score (nSPS) is 15.7. The summed E-state index contributed by atoms with van der Waals surface area (Å²) in [6, 6.07) is 0. The molecule has 1 aliphatic carbocycles. The predicted molar refractivity (Wildman–Crippen MR) is 60.8 cm³/mol.